The maximum atomic E-state index is 11.7. The van der Waals surface area contributed by atoms with Crippen LogP contribution in [0.2, 0.25) is 0 Å². The highest BCUT2D eigenvalue weighted by atomic mass is 16.2. The highest BCUT2D eigenvalue weighted by Crippen LogP contribution is 2.33. The minimum Gasteiger partial charge on any atom is -0.335 e. The van der Waals surface area contributed by atoms with Crippen molar-refractivity contribution in [2.24, 2.45) is 0 Å². The second-order valence-corrected chi connectivity index (χ2v) is 5.97. The molecule has 24 heavy (non-hydrogen) atoms. The third kappa shape index (κ3) is 3.82. The van der Waals surface area contributed by atoms with Crippen LogP contribution >= 0.6 is 0 Å². The molecule has 0 atom stereocenters. The fraction of sp³-hybridized carbons (Fsp3) is 0.389. The number of carbonyl (C=O) groups is 1. The Morgan fingerprint density at radius 3 is 2.88 bits per heavy atom. The molecule has 126 valence electrons. The Balaban J connectivity index is 1.78. The quantitative estimate of drug-likeness (QED) is 0.802. The van der Waals surface area contributed by atoms with E-state index in [9.17, 15) is 4.79 Å². The van der Waals surface area contributed by atoms with E-state index in [0.29, 0.717) is 19.1 Å². The first-order valence-corrected chi connectivity index (χ1v) is 8.40. The first-order chi connectivity index (χ1) is 11.8. The Kier molecular flexibility index (Phi) is 5.25. The molecule has 1 aliphatic carbocycles. The standard InChI is InChI=1S/C18H23N5O/c1-2-10-20-18(24)21-13-14-12-17(16-9-5-6-11-19-16)23(22-14)15-7-3-4-8-15/h2,5-6,9,11-12,15H,1,3-4,7-8,10,13H2,(H2,20,21,24). The summed E-state index contributed by atoms with van der Waals surface area (Å²) in [4.78, 5) is 16.1. The molecule has 0 radical (unpaired) electrons. The number of hydrogen-bond acceptors (Lipinski definition) is 3. The molecule has 0 saturated heterocycles. The van der Waals surface area contributed by atoms with Gasteiger partial charge in [0, 0.05) is 12.7 Å². The molecule has 2 aromatic heterocycles. The summed E-state index contributed by atoms with van der Waals surface area (Å²) < 4.78 is 2.09. The average Bonchev–Trinajstić information content (AvgIpc) is 3.28. The van der Waals surface area contributed by atoms with Gasteiger partial charge in [-0.2, -0.15) is 5.10 Å². The molecule has 0 aliphatic heterocycles. The van der Waals surface area contributed by atoms with Crippen molar-refractivity contribution in [2.45, 2.75) is 38.3 Å². The zero-order valence-electron chi connectivity index (χ0n) is 13.7. The van der Waals surface area contributed by atoms with Crippen molar-refractivity contribution in [3.8, 4) is 11.4 Å². The van der Waals surface area contributed by atoms with Gasteiger partial charge in [0.05, 0.1) is 29.7 Å². The lowest BCUT2D eigenvalue weighted by Crippen LogP contribution is -2.35. The van der Waals surface area contributed by atoms with Crippen LogP contribution in [0, 0.1) is 0 Å². The lowest BCUT2D eigenvalue weighted by Gasteiger charge is -2.13. The van der Waals surface area contributed by atoms with E-state index in [2.05, 4.69) is 26.9 Å². The van der Waals surface area contributed by atoms with E-state index in [1.54, 1.807) is 12.3 Å². The van der Waals surface area contributed by atoms with Crippen LogP contribution in [0.3, 0.4) is 0 Å². The number of amides is 2. The summed E-state index contributed by atoms with van der Waals surface area (Å²) >= 11 is 0. The summed E-state index contributed by atoms with van der Waals surface area (Å²) in [6.45, 7) is 4.42. The number of carbonyl (C=O) groups excluding carboxylic acids is 1. The lowest BCUT2D eigenvalue weighted by molar-refractivity contribution is 0.241. The van der Waals surface area contributed by atoms with Crippen molar-refractivity contribution in [2.75, 3.05) is 6.54 Å². The monoisotopic (exact) mass is 325 g/mol. The smallest absolute Gasteiger partial charge is 0.315 e. The lowest BCUT2D eigenvalue weighted by atomic mass is 10.2. The zero-order valence-corrected chi connectivity index (χ0v) is 13.7. The van der Waals surface area contributed by atoms with Crippen LogP contribution in [-0.2, 0) is 6.54 Å². The summed E-state index contributed by atoms with van der Waals surface area (Å²) in [5.41, 5.74) is 2.78. The van der Waals surface area contributed by atoms with Gasteiger partial charge >= 0.3 is 6.03 Å². The maximum absolute atomic E-state index is 11.7. The van der Waals surface area contributed by atoms with E-state index in [0.717, 1.165) is 29.9 Å². The molecule has 2 heterocycles. The molecule has 0 spiro atoms. The van der Waals surface area contributed by atoms with Crippen molar-refractivity contribution in [3.63, 3.8) is 0 Å². The van der Waals surface area contributed by atoms with Crippen molar-refractivity contribution >= 4 is 6.03 Å². The summed E-state index contributed by atoms with van der Waals surface area (Å²) in [6.07, 6.45) is 8.21. The molecule has 2 amide bonds. The molecule has 1 aliphatic rings. The topological polar surface area (TPSA) is 71.8 Å². The van der Waals surface area contributed by atoms with Crippen LogP contribution in [0.15, 0.2) is 43.1 Å². The van der Waals surface area contributed by atoms with E-state index in [-0.39, 0.29) is 6.03 Å². The van der Waals surface area contributed by atoms with Gasteiger partial charge in [0.15, 0.2) is 0 Å². The number of pyridine rings is 1. The SMILES string of the molecule is C=CCNC(=O)NCc1cc(-c2ccccn2)n(C2CCCC2)n1. The van der Waals surface area contributed by atoms with Crippen molar-refractivity contribution in [1.29, 1.82) is 0 Å². The second-order valence-electron chi connectivity index (χ2n) is 5.97. The van der Waals surface area contributed by atoms with Gasteiger partial charge in [0.1, 0.15) is 0 Å². The van der Waals surface area contributed by atoms with Gasteiger partial charge in [0.2, 0.25) is 0 Å². The molecule has 1 saturated carbocycles. The van der Waals surface area contributed by atoms with Crippen molar-refractivity contribution in [1.82, 2.24) is 25.4 Å². The van der Waals surface area contributed by atoms with E-state index < -0.39 is 0 Å². The molecule has 2 aromatic rings. The predicted octanol–water partition coefficient (Wildman–Crippen LogP) is 3.05. The Morgan fingerprint density at radius 1 is 1.33 bits per heavy atom. The molecule has 2 N–H and O–H groups in total. The van der Waals surface area contributed by atoms with Gasteiger partial charge in [0.25, 0.3) is 0 Å². The van der Waals surface area contributed by atoms with Gasteiger partial charge < -0.3 is 10.6 Å². The summed E-state index contributed by atoms with van der Waals surface area (Å²) in [5, 5.41) is 10.3. The number of urea groups is 1. The first-order valence-electron chi connectivity index (χ1n) is 8.40. The molecular formula is C18H23N5O. The molecule has 6 heteroatoms. The molecule has 6 nitrogen and oxygen atoms in total. The van der Waals surface area contributed by atoms with E-state index in [1.807, 2.05) is 24.3 Å². The van der Waals surface area contributed by atoms with E-state index in [4.69, 9.17) is 5.10 Å². The normalized spacial score (nSPS) is 14.5. The fourth-order valence-corrected chi connectivity index (χ4v) is 3.06. The van der Waals surface area contributed by atoms with Gasteiger partial charge in [-0.15, -0.1) is 6.58 Å². The summed E-state index contributed by atoms with van der Waals surface area (Å²) in [5.74, 6) is 0. The number of nitrogens with zero attached hydrogens (tertiary/aromatic N) is 3. The third-order valence-electron chi connectivity index (χ3n) is 4.22. The number of hydrogen-bond donors (Lipinski definition) is 2. The Morgan fingerprint density at radius 2 is 2.17 bits per heavy atom. The van der Waals surface area contributed by atoms with Crippen molar-refractivity contribution < 1.29 is 4.79 Å². The Bertz CT molecular complexity index is 689. The van der Waals surface area contributed by atoms with Crippen LogP contribution in [0.5, 0.6) is 0 Å². The molecule has 0 aromatic carbocycles. The molecule has 0 bridgehead atoms. The second kappa shape index (κ2) is 7.77. The van der Waals surface area contributed by atoms with Gasteiger partial charge in [-0.25, -0.2) is 4.79 Å². The zero-order chi connectivity index (χ0) is 16.8. The van der Waals surface area contributed by atoms with Gasteiger partial charge in [-0.1, -0.05) is 25.0 Å². The predicted molar refractivity (Wildman–Crippen MR) is 93.4 cm³/mol. The van der Waals surface area contributed by atoms with Gasteiger partial charge in [-0.3, -0.25) is 9.67 Å². The number of rotatable bonds is 6. The van der Waals surface area contributed by atoms with Crippen LogP contribution in [-0.4, -0.2) is 27.3 Å². The van der Waals surface area contributed by atoms with E-state index in [1.165, 1.54) is 12.8 Å². The van der Waals surface area contributed by atoms with Crippen LogP contribution in [0.1, 0.15) is 37.4 Å². The first kappa shape index (κ1) is 16.2. The largest absolute Gasteiger partial charge is 0.335 e. The maximum Gasteiger partial charge on any atom is 0.315 e. The van der Waals surface area contributed by atoms with Crippen LogP contribution in [0.25, 0.3) is 11.4 Å². The number of aromatic nitrogens is 3. The minimum atomic E-state index is -0.218. The van der Waals surface area contributed by atoms with E-state index >= 15 is 0 Å². The fourth-order valence-electron chi connectivity index (χ4n) is 3.06. The summed E-state index contributed by atoms with van der Waals surface area (Å²) in [6, 6.07) is 8.11. The molecule has 0 unspecified atom stereocenters. The average molecular weight is 325 g/mol. The van der Waals surface area contributed by atoms with Crippen molar-refractivity contribution in [3.05, 3.63) is 48.8 Å². The third-order valence-corrected chi connectivity index (χ3v) is 4.22. The Hall–Kier alpha value is -2.63. The number of nitrogens with one attached hydrogen (secondary N) is 2. The van der Waals surface area contributed by atoms with Crippen LogP contribution < -0.4 is 10.6 Å². The highest BCUT2D eigenvalue weighted by Gasteiger charge is 2.22. The Labute approximate surface area is 142 Å². The molecule has 1 fully saturated rings. The minimum absolute atomic E-state index is 0.218. The molecular weight excluding hydrogens is 302 g/mol. The molecule has 3 rings (SSSR count). The summed E-state index contributed by atoms with van der Waals surface area (Å²) in [7, 11) is 0. The van der Waals surface area contributed by atoms with Crippen LogP contribution in [0.4, 0.5) is 4.79 Å². The van der Waals surface area contributed by atoms with Gasteiger partial charge in [-0.05, 0) is 31.0 Å². The highest BCUT2D eigenvalue weighted by molar-refractivity contribution is 5.73.